The van der Waals surface area contributed by atoms with E-state index >= 15 is 0 Å². The van der Waals surface area contributed by atoms with Crippen molar-refractivity contribution in [1.29, 1.82) is 0 Å². The highest BCUT2D eigenvalue weighted by molar-refractivity contribution is 5.98. The summed E-state index contributed by atoms with van der Waals surface area (Å²) in [5.74, 6) is -0.0287. The summed E-state index contributed by atoms with van der Waals surface area (Å²) < 4.78 is 1.60. The number of amides is 1. The molecule has 0 bridgehead atoms. The second-order valence-electron chi connectivity index (χ2n) is 4.78. The van der Waals surface area contributed by atoms with E-state index in [0.717, 1.165) is 25.1 Å². The molecule has 1 aromatic rings. The van der Waals surface area contributed by atoms with E-state index in [0.29, 0.717) is 11.4 Å². The van der Waals surface area contributed by atoms with Gasteiger partial charge in [0.1, 0.15) is 5.69 Å². The summed E-state index contributed by atoms with van der Waals surface area (Å²) in [4.78, 5) is 14.4. The summed E-state index contributed by atoms with van der Waals surface area (Å²) in [7, 11) is 1.77. The van der Waals surface area contributed by atoms with Crippen molar-refractivity contribution in [3.05, 3.63) is 11.4 Å². The number of anilines is 1. The van der Waals surface area contributed by atoms with Gasteiger partial charge in [-0.2, -0.15) is 5.10 Å². The third kappa shape index (κ3) is 2.66. The van der Waals surface area contributed by atoms with Gasteiger partial charge in [0.2, 0.25) is 0 Å². The van der Waals surface area contributed by atoms with Gasteiger partial charge in [0.25, 0.3) is 5.91 Å². The number of carbonyl (C=O) groups is 1. The van der Waals surface area contributed by atoms with Crippen LogP contribution in [0.4, 0.5) is 5.69 Å². The lowest BCUT2D eigenvalue weighted by Crippen LogP contribution is -2.38. The van der Waals surface area contributed by atoms with Gasteiger partial charge >= 0.3 is 0 Å². The van der Waals surface area contributed by atoms with Crippen LogP contribution in [0.25, 0.3) is 0 Å². The van der Waals surface area contributed by atoms with Gasteiger partial charge in [0, 0.05) is 19.6 Å². The Labute approximate surface area is 109 Å². The van der Waals surface area contributed by atoms with Crippen LogP contribution in [0, 0.1) is 0 Å². The van der Waals surface area contributed by atoms with Crippen LogP contribution < -0.4 is 5.73 Å². The van der Waals surface area contributed by atoms with Crippen molar-refractivity contribution in [2.45, 2.75) is 46.6 Å². The Morgan fingerprint density at radius 1 is 1.44 bits per heavy atom. The first-order chi connectivity index (χ1) is 8.43. The van der Waals surface area contributed by atoms with E-state index in [4.69, 9.17) is 5.73 Å². The van der Waals surface area contributed by atoms with E-state index in [1.165, 1.54) is 0 Å². The molecule has 18 heavy (non-hydrogen) atoms. The maximum absolute atomic E-state index is 12.5. The second kappa shape index (κ2) is 5.89. The molecule has 0 atom stereocenters. The first-order valence-electron chi connectivity index (χ1n) is 6.56. The minimum absolute atomic E-state index is 0.0287. The number of aromatic nitrogens is 2. The fourth-order valence-electron chi connectivity index (χ4n) is 2.08. The number of nitrogens with zero attached hydrogens (tertiary/aromatic N) is 3. The standard InChI is InChI=1S/C13H24N4O/c1-6-8-17(9(3)4)13(18)12-11(14)10(7-2)15-16(12)5/h9H,6-8,14H2,1-5H3. The fourth-order valence-corrected chi connectivity index (χ4v) is 2.08. The van der Waals surface area contributed by atoms with E-state index in [1.54, 1.807) is 11.7 Å². The van der Waals surface area contributed by atoms with Gasteiger partial charge in [-0.25, -0.2) is 0 Å². The molecule has 0 saturated heterocycles. The van der Waals surface area contributed by atoms with Crippen LogP contribution in [0.1, 0.15) is 50.3 Å². The van der Waals surface area contributed by atoms with Gasteiger partial charge in [-0.1, -0.05) is 13.8 Å². The molecule has 0 unspecified atom stereocenters. The molecule has 1 aromatic heterocycles. The number of hydrogen-bond donors (Lipinski definition) is 1. The predicted octanol–water partition coefficient (Wildman–Crippen LogP) is 1.83. The lowest BCUT2D eigenvalue weighted by Gasteiger charge is -2.26. The summed E-state index contributed by atoms with van der Waals surface area (Å²) >= 11 is 0. The Kier molecular flexibility index (Phi) is 4.76. The molecule has 0 radical (unpaired) electrons. The molecule has 0 aliphatic carbocycles. The van der Waals surface area contributed by atoms with Crippen LogP contribution in [0.3, 0.4) is 0 Å². The molecule has 5 heteroatoms. The molecule has 0 spiro atoms. The molecule has 2 N–H and O–H groups in total. The molecule has 0 aliphatic rings. The molecule has 0 fully saturated rings. The number of aryl methyl sites for hydroxylation is 2. The van der Waals surface area contributed by atoms with Crippen molar-refractivity contribution >= 4 is 11.6 Å². The smallest absolute Gasteiger partial charge is 0.274 e. The predicted molar refractivity (Wildman–Crippen MR) is 73.5 cm³/mol. The highest BCUT2D eigenvalue weighted by Crippen LogP contribution is 2.20. The van der Waals surface area contributed by atoms with Gasteiger partial charge in [-0.3, -0.25) is 9.48 Å². The van der Waals surface area contributed by atoms with Gasteiger partial charge in [0.15, 0.2) is 0 Å². The summed E-state index contributed by atoms with van der Waals surface area (Å²) in [6, 6.07) is 0.164. The van der Waals surface area contributed by atoms with Crippen molar-refractivity contribution in [3.63, 3.8) is 0 Å². The zero-order valence-electron chi connectivity index (χ0n) is 12.0. The normalized spacial score (nSPS) is 11.0. The topological polar surface area (TPSA) is 64.2 Å². The number of carbonyl (C=O) groups excluding carboxylic acids is 1. The minimum atomic E-state index is -0.0287. The molecule has 1 heterocycles. The number of hydrogen-bond acceptors (Lipinski definition) is 3. The Bertz CT molecular complexity index is 423. The highest BCUT2D eigenvalue weighted by Gasteiger charge is 2.25. The van der Waals surface area contributed by atoms with Crippen LogP contribution in [0.15, 0.2) is 0 Å². The van der Waals surface area contributed by atoms with Gasteiger partial charge in [-0.05, 0) is 26.7 Å². The summed E-state index contributed by atoms with van der Waals surface area (Å²) in [6.07, 6.45) is 1.67. The maximum atomic E-state index is 12.5. The average molecular weight is 252 g/mol. The van der Waals surface area contributed by atoms with Crippen LogP contribution in [0.2, 0.25) is 0 Å². The highest BCUT2D eigenvalue weighted by atomic mass is 16.2. The Morgan fingerprint density at radius 3 is 2.44 bits per heavy atom. The first kappa shape index (κ1) is 14.5. The average Bonchev–Trinajstić information content (AvgIpc) is 2.60. The molecule has 1 rings (SSSR count). The molecular formula is C13H24N4O. The van der Waals surface area contributed by atoms with Crippen LogP contribution in [-0.2, 0) is 13.5 Å². The molecule has 1 amide bonds. The number of rotatable bonds is 5. The lowest BCUT2D eigenvalue weighted by atomic mass is 10.2. The van der Waals surface area contributed by atoms with Crippen molar-refractivity contribution < 1.29 is 4.79 Å². The van der Waals surface area contributed by atoms with Crippen LogP contribution in [-0.4, -0.2) is 33.2 Å². The first-order valence-corrected chi connectivity index (χ1v) is 6.56. The monoisotopic (exact) mass is 252 g/mol. The Balaban J connectivity index is 3.12. The quantitative estimate of drug-likeness (QED) is 0.869. The fraction of sp³-hybridized carbons (Fsp3) is 0.692. The van der Waals surface area contributed by atoms with E-state index < -0.39 is 0 Å². The zero-order chi connectivity index (χ0) is 13.9. The maximum Gasteiger partial charge on any atom is 0.274 e. The van der Waals surface area contributed by atoms with Crippen molar-refractivity contribution in [1.82, 2.24) is 14.7 Å². The summed E-state index contributed by atoms with van der Waals surface area (Å²) in [6.45, 7) is 8.82. The second-order valence-corrected chi connectivity index (χ2v) is 4.78. The van der Waals surface area contributed by atoms with E-state index in [1.807, 2.05) is 25.7 Å². The molecule has 102 valence electrons. The number of nitrogens with two attached hydrogens (primary N) is 1. The Hall–Kier alpha value is -1.52. The number of nitrogen functional groups attached to an aromatic ring is 1. The molecule has 5 nitrogen and oxygen atoms in total. The lowest BCUT2D eigenvalue weighted by molar-refractivity contribution is 0.0696. The third-order valence-corrected chi connectivity index (χ3v) is 3.05. The van der Waals surface area contributed by atoms with Crippen molar-refractivity contribution in [2.75, 3.05) is 12.3 Å². The summed E-state index contributed by atoms with van der Waals surface area (Å²) in [5, 5.41) is 4.30. The van der Waals surface area contributed by atoms with E-state index in [2.05, 4.69) is 12.0 Å². The molecule has 0 saturated carbocycles. The van der Waals surface area contributed by atoms with Gasteiger partial charge in [-0.15, -0.1) is 0 Å². The van der Waals surface area contributed by atoms with E-state index in [-0.39, 0.29) is 11.9 Å². The third-order valence-electron chi connectivity index (χ3n) is 3.05. The Morgan fingerprint density at radius 2 is 2.06 bits per heavy atom. The van der Waals surface area contributed by atoms with Crippen molar-refractivity contribution in [3.8, 4) is 0 Å². The van der Waals surface area contributed by atoms with Crippen LogP contribution >= 0.6 is 0 Å². The van der Waals surface area contributed by atoms with Crippen molar-refractivity contribution in [2.24, 2.45) is 7.05 Å². The largest absolute Gasteiger partial charge is 0.395 e. The molecule has 0 aromatic carbocycles. The van der Waals surface area contributed by atoms with Gasteiger partial charge in [0.05, 0.1) is 11.4 Å². The molecule has 0 aliphatic heterocycles. The summed E-state index contributed by atoms with van der Waals surface area (Å²) in [5.41, 5.74) is 7.84. The molecular weight excluding hydrogens is 228 g/mol. The van der Waals surface area contributed by atoms with Gasteiger partial charge < -0.3 is 10.6 Å². The minimum Gasteiger partial charge on any atom is -0.395 e. The van der Waals surface area contributed by atoms with E-state index in [9.17, 15) is 4.79 Å². The SMILES string of the molecule is CCCN(C(=O)c1c(N)c(CC)nn1C)C(C)C. The zero-order valence-corrected chi connectivity index (χ0v) is 12.0. The van der Waals surface area contributed by atoms with Crippen LogP contribution in [0.5, 0.6) is 0 Å².